The van der Waals surface area contributed by atoms with Crippen molar-refractivity contribution in [2.24, 2.45) is 0 Å². The summed E-state index contributed by atoms with van der Waals surface area (Å²) >= 11 is 1.19. The molecule has 1 N–H and O–H groups in total. The van der Waals surface area contributed by atoms with Gasteiger partial charge in [0, 0.05) is 4.75 Å². The van der Waals surface area contributed by atoms with E-state index in [0.29, 0.717) is 6.41 Å². The number of carbonyl (C=O) groups is 2. The zero-order valence-corrected chi connectivity index (χ0v) is 11.5. The molecule has 0 saturated heterocycles. The maximum absolute atomic E-state index is 11.7. The van der Waals surface area contributed by atoms with Crippen LogP contribution in [0.2, 0.25) is 0 Å². The topological polar surface area (TPSA) is 58.6 Å². The Morgan fingerprint density at radius 1 is 1.25 bits per heavy atom. The Labute approximate surface area is 101 Å². The Bertz CT molecular complexity index is 256. The first kappa shape index (κ1) is 15.1. The molecule has 16 heavy (non-hydrogen) atoms. The summed E-state index contributed by atoms with van der Waals surface area (Å²) < 4.78 is 6.04. The number of hydrogen-bond donors (Lipinski definition) is 1. The summed E-state index contributed by atoms with van der Waals surface area (Å²) in [5.74, 6) is 0. The first-order valence-corrected chi connectivity index (χ1v) is 5.74. The maximum atomic E-state index is 11.7. The van der Waals surface area contributed by atoms with E-state index in [0.717, 1.165) is 4.41 Å². The Hall–Kier alpha value is -0.910. The lowest BCUT2D eigenvalue weighted by Crippen LogP contribution is -2.42. The summed E-state index contributed by atoms with van der Waals surface area (Å²) in [6, 6.07) is 0. The second kappa shape index (κ2) is 5.43. The highest BCUT2D eigenvalue weighted by Crippen LogP contribution is 2.27. The minimum Gasteiger partial charge on any atom is -0.442 e. The van der Waals surface area contributed by atoms with Crippen molar-refractivity contribution in [3.05, 3.63) is 0 Å². The van der Waals surface area contributed by atoms with E-state index in [2.05, 4.69) is 5.43 Å². The lowest BCUT2D eigenvalue weighted by molar-refractivity contribution is -0.112. The van der Waals surface area contributed by atoms with Crippen molar-refractivity contribution in [2.45, 2.75) is 51.9 Å². The normalized spacial score (nSPS) is 11.9. The van der Waals surface area contributed by atoms with E-state index in [1.54, 1.807) is 20.8 Å². The Kier molecular flexibility index (Phi) is 5.12. The predicted octanol–water partition coefficient (Wildman–Crippen LogP) is 2.33. The van der Waals surface area contributed by atoms with Gasteiger partial charge in [0.2, 0.25) is 6.41 Å². The molecule has 0 aromatic heterocycles. The zero-order chi connectivity index (χ0) is 13.0. The largest absolute Gasteiger partial charge is 0.442 e. The molecular weight excluding hydrogens is 228 g/mol. The van der Waals surface area contributed by atoms with E-state index in [1.165, 1.54) is 11.9 Å². The minimum absolute atomic E-state index is 0.201. The summed E-state index contributed by atoms with van der Waals surface area (Å²) in [6.45, 7) is 11.1. The molecule has 0 aliphatic carbocycles. The number of nitrogens with one attached hydrogen (secondary N) is 1. The van der Waals surface area contributed by atoms with Crippen molar-refractivity contribution < 1.29 is 14.3 Å². The highest BCUT2D eigenvalue weighted by Gasteiger charge is 2.26. The number of rotatable bonds is 3. The van der Waals surface area contributed by atoms with Crippen molar-refractivity contribution in [1.82, 2.24) is 9.84 Å². The van der Waals surface area contributed by atoms with Crippen LogP contribution < -0.4 is 5.43 Å². The van der Waals surface area contributed by atoms with Gasteiger partial charge in [-0.2, -0.15) is 4.41 Å². The van der Waals surface area contributed by atoms with Crippen LogP contribution in [0.25, 0.3) is 0 Å². The van der Waals surface area contributed by atoms with Crippen LogP contribution in [0.1, 0.15) is 41.5 Å². The van der Waals surface area contributed by atoms with Crippen molar-refractivity contribution in [3.8, 4) is 0 Å². The van der Waals surface area contributed by atoms with Crippen LogP contribution in [-0.2, 0) is 9.53 Å². The number of nitrogens with zero attached hydrogens (tertiary/aromatic N) is 1. The molecular formula is C10H20N2O3S. The SMILES string of the molecule is CC(C)(C)OC(=O)N(NC=O)SC(C)(C)C. The van der Waals surface area contributed by atoms with Gasteiger partial charge >= 0.3 is 6.09 Å². The van der Waals surface area contributed by atoms with Crippen molar-refractivity contribution >= 4 is 24.5 Å². The molecule has 0 radical (unpaired) electrons. The van der Waals surface area contributed by atoms with Crippen LogP contribution in [0.3, 0.4) is 0 Å². The Balaban J connectivity index is 4.53. The van der Waals surface area contributed by atoms with Gasteiger partial charge in [-0.25, -0.2) is 4.79 Å². The second-order valence-electron chi connectivity index (χ2n) is 5.23. The number of hydrogen-bond acceptors (Lipinski definition) is 4. The molecule has 2 amide bonds. The molecule has 0 atom stereocenters. The molecule has 0 heterocycles. The molecule has 0 fully saturated rings. The lowest BCUT2D eigenvalue weighted by Gasteiger charge is -2.29. The maximum Gasteiger partial charge on any atom is 0.439 e. The third-order valence-corrected chi connectivity index (χ3v) is 2.08. The number of ether oxygens (including phenoxy) is 1. The number of hydrazine groups is 1. The van der Waals surface area contributed by atoms with Crippen LogP contribution in [0, 0.1) is 0 Å². The van der Waals surface area contributed by atoms with Crippen molar-refractivity contribution in [1.29, 1.82) is 0 Å². The van der Waals surface area contributed by atoms with Gasteiger partial charge in [0.15, 0.2) is 0 Å². The molecule has 5 nitrogen and oxygen atoms in total. The van der Waals surface area contributed by atoms with E-state index in [-0.39, 0.29) is 4.75 Å². The molecule has 0 aliphatic heterocycles. The predicted molar refractivity (Wildman–Crippen MR) is 64.6 cm³/mol. The third-order valence-electron chi connectivity index (χ3n) is 1.09. The average Bonchev–Trinajstić information content (AvgIpc) is 1.97. The third kappa shape index (κ3) is 7.39. The van der Waals surface area contributed by atoms with E-state index in [9.17, 15) is 9.59 Å². The first-order chi connectivity index (χ1) is 7.05. The molecule has 0 saturated carbocycles. The fraction of sp³-hybridized carbons (Fsp3) is 0.800. The lowest BCUT2D eigenvalue weighted by atomic mass is 10.2. The molecule has 0 bridgehead atoms. The Morgan fingerprint density at radius 3 is 2.06 bits per heavy atom. The van der Waals surface area contributed by atoms with Gasteiger partial charge < -0.3 is 4.74 Å². The van der Waals surface area contributed by atoms with E-state index in [4.69, 9.17) is 4.74 Å². The molecule has 0 aromatic rings. The fourth-order valence-electron chi connectivity index (χ4n) is 0.741. The van der Waals surface area contributed by atoms with Gasteiger partial charge in [-0.15, -0.1) is 0 Å². The molecule has 0 aliphatic rings. The summed E-state index contributed by atoms with van der Waals surface area (Å²) in [7, 11) is 0. The summed E-state index contributed by atoms with van der Waals surface area (Å²) in [5.41, 5.74) is 1.72. The van der Waals surface area contributed by atoms with Gasteiger partial charge in [0.1, 0.15) is 5.60 Å². The Morgan fingerprint density at radius 2 is 1.75 bits per heavy atom. The monoisotopic (exact) mass is 248 g/mol. The van der Waals surface area contributed by atoms with Crippen LogP contribution >= 0.6 is 11.9 Å². The quantitative estimate of drug-likeness (QED) is 0.473. The van der Waals surface area contributed by atoms with Gasteiger partial charge in [-0.3, -0.25) is 10.2 Å². The fourth-order valence-corrected chi connectivity index (χ4v) is 1.50. The number of amides is 2. The van der Waals surface area contributed by atoms with Crippen molar-refractivity contribution in [2.75, 3.05) is 0 Å². The summed E-state index contributed by atoms with van der Waals surface area (Å²) in [4.78, 5) is 22.1. The van der Waals surface area contributed by atoms with Gasteiger partial charge in [0.05, 0.1) is 0 Å². The molecule has 94 valence electrons. The van der Waals surface area contributed by atoms with E-state index < -0.39 is 11.7 Å². The molecule has 0 unspecified atom stereocenters. The molecule has 0 spiro atoms. The summed E-state index contributed by atoms with van der Waals surface area (Å²) in [6.07, 6.45) is -0.137. The van der Waals surface area contributed by atoms with Crippen LogP contribution in [0.4, 0.5) is 4.79 Å². The van der Waals surface area contributed by atoms with E-state index in [1.807, 2.05) is 20.8 Å². The summed E-state index contributed by atoms with van der Waals surface area (Å²) in [5, 5.41) is 0. The molecule has 6 heteroatoms. The van der Waals surface area contributed by atoms with Crippen LogP contribution in [0.5, 0.6) is 0 Å². The van der Waals surface area contributed by atoms with Gasteiger partial charge in [-0.05, 0) is 53.5 Å². The van der Waals surface area contributed by atoms with Gasteiger partial charge in [0.25, 0.3) is 0 Å². The molecule has 0 aromatic carbocycles. The standard InChI is InChI=1S/C10H20N2O3S/c1-9(2,3)15-8(14)12(11-7-13)16-10(4,5)6/h7H,1-6H3,(H,11,13). The van der Waals surface area contributed by atoms with Crippen LogP contribution in [-0.4, -0.2) is 27.3 Å². The molecule has 0 rings (SSSR count). The van der Waals surface area contributed by atoms with Crippen LogP contribution in [0.15, 0.2) is 0 Å². The number of carbonyl (C=O) groups excluding carboxylic acids is 2. The smallest absolute Gasteiger partial charge is 0.439 e. The average molecular weight is 248 g/mol. The minimum atomic E-state index is -0.585. The second-order valence-corrected chi connectivity index (χ2v) is 7.00. The highest BCUT2D eigenvalue weighted by molar-refractivity contribution is 7.98. The zero-order valence-electron chi connectivity index (χ0n) is 10.7. The van der Waals surface area contributed by atoms with E-state index >= 15 is 0 Å². The van der Waals surface area contributed by atoms with Gasteiger partial charge in [-0.1, -0.05) is 0 Å². The first-order valence-electron chi connectivity index (χ1n) is 4.97. The highest BCUT2D eigenvalue weighted by atomic mass is 32.2. The van der Waals surface area contributed by atoms with Crippen molar-refractivity contribution in [3.63, 3.8) is 0 Å².